The maximum absolute atomic E-state index is 2.44. The van der Waals surface area contributed by atoms with Crippen molar-refractivity contribution < 1.29 is 0 Å². The fourth-order valence-electron chi connectivity index (χ4n) is 10.7. The minimum atomic E-state index is 1.10. The highest BCUT2D eigenvalue weighted by molar-refractivity contribution is 6.06. The Balaban J connectivity index is 1.09. The van der Waals surface area contributed by atoms with Gasteiger partial charge in [-0.3, -0.25) is 0 Å². The average molecular weight is 902 g/mol. The zero-order chi connectivity index (χ0) is 47.1. The highest BCUT2D eigenvalue weighted by atomic mass is 15.0. The number of aromatic nitrogens is 1. The number of nitrogens with zero attached hydrogens (tertiary/aromatic N) is 1. The Bertz CT molecular complexity index is 3960. The Morgan fingerprint density at radius 2 is 0.634 bits per heavy atom. The van der Waals surface area contributed by atoms with Crippen molar-refractivity contribution in [2.24, 2.45) is 0 Å². The predicted molar refractivity (Wildman–Crippen MR) is 302 cm³/mol. The summed E-state index contributed by atoms with van der Waals surface area (Å²) in [5.74, 6) is 0. The number of hydrogen-bond acceptors (Lipinski definition) is 0. The van der Waals surface area contributed by atoms with E-state index in [9.17, 15) is 0 Å². The molecule has 1 heteroatoms. The van der Waals surface area contributed by atoms with Crippen molar-refractivity contribution in [1.82, 2.24) is 4.57 Å². The van der Waals surface area contributed by atoms with Gasteiger partial charge in [0.2, 0.25) is 0 Å². The van der Waals surface area contributed by atoms with Crippen LogP contribution in [0.5, 0.6) is 0 Å². The Kier molecular flexibility index (Phi) is 10.6. The molecule has 1 nitrogen and oxygen atoms in total. The maximum Gasteiger partial charge on any atom is 0.0535 e. The topological polar surface area (TPSA) is 4.93 Å². The van der Waals surface area contributed by atoms with Crippen LogP contribution in [0, 0.1) is 0 Å². The zero-order valence-electron chi connectivity index (χ0n) is 39.1. The lowest BCUT2D eigenvalue weighted by molar-refractivity contribution is 1.13. The number of benzene rings is 12. The van der Waals surface area contributed by atoms with Gasteiger partial charge >= 0.3 is 0 Å². The molecule has 332 valence electrons. The van der Waals surface area contributed by atoms with Crippen LogP contribution in [0.1, 0.15) is 0 Å². The van der Waals surface area contributed by atoms with Crippen LogP contribution >= 0.6 is 0 Å². The van der Waals surface area contributed by atoms with E-state index in [2.05, 4.69) is 290 Å². The molecule has 1 aromatic heterocycles. The van der Waals surface area contributed by atoms with Gasteiger partial charge in [0.1, 0.15) is 0 Å². The predicted octanol–water partition coefficient (Wildman–Crippen LogP) is 19.3. The first-order chi connectivity index (χ1) is 35.2. The molecule has 0 unspecified atom stereocenters. The summed E-state index contributed by atoms with van der Waals surface area (Å²) in [4.78, 5) is 0. The Morgan fingerprint density at radius 3 is 1.17 bits per heavy atom. The SMILES string of the molecule is c1ccc(-c2ccc(-c3ccc4c(c3)c(-c3ccc(-c5ccccc5)cc3-c3ccccc3)cn4-c3cc(-c4cccc5ccccc45)cc(-c4cccc5ccccc45)c3)c(-c3ccccc3)c2)cc1. The molecule has 0 radical (unpaired) electrons. The van der Waals surface area contributed by atoms with Crippen LogP contribution in [0.25, 0.3) is 127 Å². The van der Waals surface area contributed by atoms with Crippen LogP contribution in [0.3, 0.4) is 0 Å². The van der Waals surface area contributed by atoms with Crippen molar-refractivity contribution in [3.05, 3.63) is 285 Å². The summed E-state index contributed by atoms with van der Waals surface area (Å²) >= 11 is 0. The first-order valence-corrected chi connectivity index (χ1v) is 24.5. The van der Waals surface area contributed by atoms with E-state index in [-0.39, 0.29) is 0 Å². The fraction of sp³-hybridized carbons (Fsp3) is 0. The van der Waals surface area contributed by atoms with Crippen LogP contribution in [-0.4, -0.2) is 4.57 Å². The molecule has 0 atom stereocenters. The number of hydrogen-bond donors (Lipinski definition) is 0. The van der Waals surface area contributed by atoms with Gasteiger partial charge in [-0.25, -0.2) is 0 Å². The van der Waals surface area contributed by atoms with Gasteiger partial charge in [0.25, 0.3) is 0 Å². The summed E-state index contributed by atoms with van der Waals surface area (Å²) in [6.07, 6.45) is 2.39. The first-order valence-electron chi connectivity index (χ1n) is 24.5. The third-order valence-corrected chi connectivity index (χ3v) is 14.2. The molecule has 1 heterocycles. The molecule has 13 aromatic rings. The van der Waals surface area contributed by atoms with Gasteiger partial charge in [-0.05, 0) is 147 Å². The fourth-order valence-corrected chi connectivity index (χ4v) is 10.7. The number of rotatable bonds is 9. The summed E-state index contributed by atoms with van der Waals surface area (Å²) in [7, 11) is 0. The molecule has 13 rings (SSSR count). The highest BCUT2D eigenvalue weighted by Crippen LogP contribution is 2.45. The van der Waals surface area contributed by atoms with Crippen LogP contribution in [0.15, 0.2) is 285 Å². The first kappa shape index (κ1) is 41.9. The van der Waals surface area contributed by atoms with Gasteiger partial charge in [0.15, 0.2) is 0 Å². The van der Waals surface area contributed by atoms with Crippen LogP contribution < -0.4 is 0 Å². The second-order valence-electron chi connectivity index (χ2n) is 18.5. The largest absolute Gasteiger partial charge is 0.316 e. The van der Waals surface area contributed by atoms with E-state index in [4.69, 9.17) is 0 Å². The number of fused-ring (bicyclic) bond motifs is 3. The highest BCUT2D eigenvalue weighted by Gasteiger charge is 2.21. The lowest BCUT2D eigenvalue weighted by Crippen LogP contribution is -1.95. The molecule has 0 aliphatic rings. The van der Waals surface area contributed by atoms with E-state index in [1.165, 1.54) is 110 Å². The summed E-state index contributed by atoms with van der Waals surface area (Å²) < 4.78 is 2.44. The molecule has 0 saturated heterocycles. The molecule has 0 amide bonds. The van der Waals surface area contributed by atoms with Crippen molar-refractivity contribution in [3.8, 4) is 94.7 Å². The van der Waals surface area contributed by atoms with E-state index >= 15 is 0 Å². The van der Waals surface area contributed by atoms with E-state index in [1.807, 2.05) is 0 Å². The standard InChI is InChI=1S/C70H47N/c1-5-19-48(20-6-1)54-35-38-64(66(44-54)52-23-9-3-10-24-52)56-37-40-70-68(46-56)69(65-39-36-55(49-21-7-2-8-22-49)45-67(65)53-25-11-4-12-26-53)47-71(70)59-42-57(62-33-17-29-50-27-13-15-31-60(50)62)41-58(43-59)63-34-18-30-51-28-14-16-32-61(51)63/h1-47H. The molecular weight excluding hydrogens is 855 g/mol. The molecule has 0 N–H and O–H groups in total. The molecule has 0 aliphatic heterocycles. The molecule has 0 bridgehead atoms. The molecule has 12 aromatic carbocycles. The summed E-state index contributed by atoms with van der Waals surface area (Å²) in [5.41, 5.74) is 21.2. The minimum absolute atomic E-state index is 1.10. The monoisotopic (exact) mass is 901 g/mol. The summed E-state index contributed by atoms with van der Waals surface area (Å²) in [6, 6.07) is 102. The Morgan fingerprint density at radius 1 is 0.197 bits per heavy atom. The van der Waals surface area contributed by atoms with E-state index in [1.54, 1.807) is 0 Å². The molecule has 0 fully saturated rings. The van der Waals surface area contributed by atoms with E-state index < -0.39 is 0 Å². The summed E-state index contributed by atoms with van der Waals surface area (Å²) in [6.45, 7) is 0. The van der Waals surface area contributed by atoms with Crippen molar-refractivity contribution >= 4 is 32.4 Å². The average Bonchev–Trinajstić information content (AvgIpc) is 3.84. The van der Waals surface area contributed by atoms with Gasteiger partial charge < -0.3 is 4.57 Å². The quantitative estimate of drug-likeness (QED) is 0.136. The molecular formula is C70H47N. The van der Waals surface area contributed by atoms with Gasteiger partial charge in [-0.15, -0.1) is 0 Å². The van der Waals surface area contributed by atoms with Gasteiger partial charge in [0, 0.05) is 22.8 Å². The van der Waals surface area contributed by atoms with Gasteiger partial charge in [-0.2, -0.15) is 0 Å². The van der Waals surface area contributed by atoms with Crippen molar-refractivity contribution in [2.75, 3.05) is 0 Å². The van der Waals surface area contributed by atoms with Crippen LogP contribution in [-0.2, 0) is 0 Å². The lowest BCUT2D eigenvalue weighted by Gasteiger charge is -2.16. The normalized spacial score (nSPS) is 11.4. The third kappa shape index (κ3) is 7.80. The van der Waals surface area contributed by atoms with E-state index in [0.29, 0.717) is 0 Å². The van der Waals surface area contributed by atoms with Gasteiger partial charge in [-0.1, -0.05) is 237 Å². The molecule has 0 aliphatic carbocycles. The summed E-state index contributed by atoms with van der Waals surface area (Å²) in [5, 5.41) is 6.10. The maximum atomic E-state index is 2.44. The second-order valence-corrected chi connectivity index (χ2v) is 18.5. The van der Waals surface area contributed by atoms with Crippen molar-refractivity contribution in [3.63, 3.8) is 0 Å². The van der Waals surface area contributed by atoms with Crippen molar-refractivity contribution in [2.45, 2.75) is 0 Å². The Labute approximate surface area is 414 Å². The minimum Gasteiger partial charge on any atom is -0.316 e. The Hall–Kier alpha value is -9.30. The van der Waals surface area contributed by atoms with Gasteiger partial charge in [0.05, 0.1) is 5.52 Å². The van der Waals surface area contributed by atoms with Crippen LogP contribution in [0.4, 0.5) is 0 Å². The van der Waals surface area contributed by atoms with E-state index in [0.717, 1.165) is 16.8 Å². The van der Waals surface area contributed by atoms with Crippen LogP contribution in [0.2, 0.25) is 0 Å². The molecule has 71 heavy (non-hydrogen) atoms. The zero-order valence-corrected chi connectivity index (χ0v) is 39.1. The second kappa shape index (κ2) is 18.0. The molecule has 0 spiro atoms. The lowest BCUT2D eigenvalue weighted by atomic mass is 9.89. The molecule has 0 saturated carbocycles. The van der Waals surface area contributed by atoms with Crippen molar-refractivity contribution in [1.29, 1.82) is 0 Å². The smallest absolute Gasteiger partial charge is 0.0535 e. The third-order valence-electron chi connectivity index (χ3n) is 14.2.